The van der Waals surface area contributed by atoms with E-state index in [-0.39, 0.29) is 12.5 Å². The van der Waals surface area contributed by atoms with Gasteiger partial charge in [0.05, 0.1) is 19.1 Å². The van der Waals surface area contributed by atoms with Crippen LogP contribution in [0.5, 0.6) is 5.75 Å². The number of ether oxygens (including phenoxy) is 1. The second-order valence-corrected chi connectivity index (χ2v) is 9.85. The number of carbonyl (C=O) groups excluding carboxylic acids is 2. The molecule has 0 saturated carbocycles. The number of nitrogens with zero attached hydrogens (tertiary/aromatic N) is 2. The maximum atomic E-state index is 13.4. The molecule has 2 rings (SSSR count). The van der Waals surface area contributed by atoms with E-state index in [0.717, 1.165) is 28.1 Å². The Morgan fingerprint density at radius 1 is 1.12 bits per heavy atom. The number of aryl methyl sites for hydroxylation is 1. The van der Waals surface area contributed by atoms with Crippen LogP contribution >= 0.6 is 0 Å². The molecule has 2 aromatic carbocycles. The standard InChI is InChI=1S/C24H33N3O5S/c1-6-14-25-24(29)19(3)26(16-20-9-7-8-18(2)15-20)23(28)17-27(33(5,30)31)21-10-12-22(32-4)13-11-21/h7-13,15,19H,6,14,16-17H2,1-5H3,(H,25,29). The highest BCUT2D eigenvalue weighted by atomic mass is 32.2. The van der Waals surface area contributed by atoms with Crippen LogP contribution < -0.4 is 14.4 Å². The van der Waals surface area contributed by atoms with E-state index < -0.39 is 28.5 Å². The molecule has 0 saturated heterocycles. The fraction of sp³-hybridized carbons (Fsp3) is 0.417. The summed E-state index contributed by atoms with van der Waals surface area (Å²) >= 11 is 0. The molecular weight excluding hydrogens is 442 g/mol. The molecule has 1 unspecified atom stereocenters. The number of carbonyl (C=O) groups is 2. The maximum Gasteiger partial charge on any atom is 0.244 e. The number of amides is 2. The Balaban J connectivity index is 2.36. The van der Waals surface area contributed by atoms with E-state index in [1.807, 2.05) is 38.1 Å². The van der Waals surface area contributed by atoms with Crippen LogP contribution in [0, 0.1) is 6.92 Å². The molecule has 0 aromatic heterocycles. The van der Waals surface area contributed by atoms with Crippen LogP contribution in [-0.4, -0.2) is 57.6 Å². The molecule has 2 aromatic rings. The lowest BCUT2D eigenvalue weighted by Crippen LogP contribution is -2.51. The lowest BCUT2D eigenvalue weighted by Gasteiger charge is -2.31. The zero-order chi connectivity index (χ0) is 24.6. The van der Waals surface area contributed by atoms with Gasteiger partial charge in [-0.25, -0.2) is 8.42 Å². The van der Waals surface area contributed by atoms with Crippen LogP contribution in [0.2, 0.25) is 0 Å². The highest BCUT2D eigenvalue weighted by molar-refractivity contribution is 7.92. The first kappa shape index (κ1) is 26.2. The fourth-order valence-electron chi connectivity index (χ4n) is 3.35. The first-order valence-electron chi connectivity index (χ1n) is 10.8. The fourth-order valence-corrected chi connectivity index (χ4v) is 4.20. The third-order valence-corrected chi connectivity index (χ3v) is 6.33. The van der Waals surface area contributed by atoms with Crippen LogP contribution in [-0.2, 0) is 26.2 Å². The van der Waals surface area contributed by atoms with Crippen molar-refractivity contribution in [2.24, 2.45) is 0 Å². The Morgan fingerprint density at radius 2 is 1.79 bits per heavy atom. The molecule has 0 heterocycles. The van der Waals surface area contributed by atoms with Crippen molar-refractivity contribution in [3.63, 3.8) is 0 Å². The highest BCUT2D eigenvalue weighted by Gasteiger charge is 2.30. The third-order valence-electron chi connectivity index (χ3n) is 5.19. The van der Waals surface area contributed by atoms with Gasteiger partial charge in [0.25, 0.3) is 0 Å². The van der Waals surface area contributed by atoms with Gasteiger partial charge in [-0.3, -0.25) is 13.9 Å². The summed E-state index contributed by atoms with van der Waals surface area (Å²) in [5.41, 5.74) is 2.22. The minimum atomic E-state index is -3.76. The SMILES string of the molecule is CCCNC(=O)C(C)N(Cc1cccc(C)c1)C(=O)CN(c1ccc(OC)cc1)S(C)(=O)=O. The van der Waals surface area contributed by atoms with Gasteiger partial charge in [0.1, 0.15) is 18.3 Å². The van der Waals surface area contributed by atoms with Gasteiger partial charge in [-0.05, 0) is 50.1 Å². The third kappa shape index (κ3) is 7.49. The molecule has 0 spiro atoms. The van der Waals surface area contributed by atoms with Crippen molar-refractivity contribution in [2.75, 3.05) is 30.8 Å². The second-order valence-electron chi connectivity index (χ2n) is 7.95. The summed E-state index contributed by atoms with van der Waals surface area (Å²) in [6.07, 6.45) is 1.82. The average Bonchev–Trinajstić information content (AvgIpc) is 2.78. The van der Waals surface area contributed by atoms with E-state index >= 15 is 0 Å². The predicted octanol–water partition coefficient (Wildman–Crippen LogP) is 2.71. The summed E-state index contributed by atoms with van der Waals surface area (Å²) < 4.78 is 31.2. The Morgan fingerprint density at radius 3 is 2.33 bits per heavy atom. The molecule has 0 fully saturated rings. The van der Waals surface area contributed by atoms with Gasteiger partial charge in [0, 0.05) is 13.1 Å². The van der Waals surface area contributed by atoms with Crippen molar-refractivity contribution in [1.82, 2.24) is 10.2 Å². The molecule has 2 amide bonds. The summed E-state index contributed by atoms with van der Waals surface area (Å²) in [5.74, 6) is -0.189. The molecule has 0 aliphatic heterocycles. The smallest absolute Gasteiger partial charge is 0.244 e. The normalized spacial score (nSPS) is 12.0. The number of nitrogens with one attached hydrogen (secondary N) is 1. The number of sulfonamides is 1. The minimum absolute atomic E-state index is 0.182. The maximum absolute atomic E-state index is 13.4. The van der Waals surface area contributed by atoms with Crippen molar-refractivity contribution < 1.29 is 22.7 Å². The quantitative estimate of drug-likeness (QED) is 0.539. The average molecular weight is 476 g/mol. The number of anilines is 1. The molecule has 8 nitrogen and oxygen atoms in total. The molecule has 0 aliphatic carbocycles. The minimum Gasteiger partial charge on any atom is -0.497 e. The van der Waals surface area contributed by atoms with Gasteiger partial charge in [-0.15, -0.1) is 0 Å². The number of hydrogen-bond acceptors (Lipinski definition) is 5. The topological polar surface area (TPSA) is 96.0 Å². The molecule has 180 valence electrons. The molecule has 33 heavy (non-hydrogen) atoms. The molecule has 9 heteroatoms. The Kier molecular flexibility index (Phi) is 9.28. The molecule has 0 radical (unpaired) electrons. The van der Waals surface area contributed by atoms with E-state index in [1.165, 1.54) is 12.0 Å². The van der Waals surface area contributed by atoms with E-state index in [4.69, 9.17) is 4.74 Å². The van der Waals surface area contributed by atoms with Crippen molar-refractivity contribution >= 4 is 27.5 Å². The van der Waals surface area contributed by atoms with Crippen molar-refractivity contribution in [3.05, 3.63) is 59.7 Å². The summed E-state index contributed by atoms with van der Waals surface area (Å²) in [7, 11) is -2.25. The number of benzene rings is 2. The Bertz CT molecular complexity index is 1050. The number of hydrogen-bond donors (Lipinski definition) is 1. The first-order valence-corrected chi connectivity index (χ1v) is 12.7. The lowest BCUT2D eigenvalue weighted by atomic mass is 10.1. The van der Waals surface area contributed by atoms with Gasteiger partial charge in [0.2, 0.25) is 21.8 Å². The molecule has 0 aliphatic rings. The van der Waals surface area contributed by atoms with Gasteiger partial charge >= 0.3 is 0 Å². The summed E-state index contributed by atoms with van der Waals surface area (Å²) in [4.78, 5) is 27.5. The highest BCUT2D eigenvalue weighted by Crippen LogP contribution is 2.22. The summed E-state index contributed by atoms with van der Waals surface area (Å²) in [5, 5.41) is 2.81. The monoisotopic (exact) mass is 475 g/mol. The summed E-state index contributed by atoms with van der Waals surface area (Å²) in [6.45, 7) is 5.79. The van der Waals surface area contributed by atoms with E-state index in [1.54, 1.807) is 31.2 Å². The van der Waals surface area contributed by atoms with Crippen molar-refractivity contribution in [1.29, 1.82) is 0 Å². The van der Waals surface area contributed by atoms with Gasteiger partial charge in [-0.1, -0.05) is 36.8 Å². The van der Waals surface area contributed by atoms with Gasteiger partial charge in [-0.2, -0.15) is 0 Å². The summed E-state index contributed by atoms with van der Waals surface area (Å²) in [6, 6.07) is 13.3. The predicted molar refractivity (Wildman–Crippen MR) is 130 cm³/mol. The Hall–Kier alpha value is -3.07. The lowest BCUT2D eigenvalue weighted by molar-refractivity contribution is -0.139. The van der Waals surface area contributed by atoms with E-state index in [9.17, 15) is 18.0 Å². The zero-order valence-electron chi connectivity index (χ0n) is 19.9. The van der Waals surface area contributed by atoms with Crippen LogP contribution in [0.3, 0.4) is 0 Å². The first-order chi connectivity index (χ1) is 15.6. The van der Waals surface area contributed by atoms with Crippen LogP contribution in [0.4, 0.5) is 5.69 Å². The zero-order valence-corrected chi connectivity index (χ0v) is 20.7. The molecule has 0 bridgehead atoms. The van der Waals surface area contributed by atoms with Crippen LogP contribution in [0.15, 0.2) is 48.5 Å². The van der Waals surface area contributed by atoms with Gasteiger partial charge < -0.3 is 15.0 Å². The van der Waals surface area contributed by atoms with Crippen LogP contribution in [0.25, 0.3) is 0 Å². The van der Waals surface area contributed by atoms with Crippen molar-refractivity contribution in [2.45, 2.75) is 39.8 Å². The molecular formula is C24H33N3O5S. The van der Waals surface area contributed by atoms with Gasteiger partial charge in [0.15, 0.2) is 0 Å². The number of methoxy groups -OCH3 is 1. The second kappa shape index (κ2) is 11.7. The molecule has 1 N–H and O–H groups in total. The number of rotatable bonds is 11. The Labute approximate surface area is 196 Å². The van der Waals surface area contributed by atoms with E-state index in [0.29, 0.717) is 18.0 Å². The largest absolute Gasteiger partial charge is 0.497 e. The van der Waals surface area contributed by atoms with Crippen molar-refractivity contribution in [3.8, 4) is 5.75 Å². The van der Waals surface area contributed by atoms with E-state index in [2.05, 4.69) is 5.32 Å². The van der Waals surface area contributed by atoms with Crippen LogP contribution in [0.1, 0.15) is 31.4 Å². The molecule has 1 atom stereocenters.